The summed E-state index contributed by atoms with van der Waals surface area (Å²) in [5.41, 5.74) is 0.716. The fourth-order valence-electron chi connectivity index (χ4n) is 2.40. The van der Waals surface area contributed by atoms with Crippen LogP contribution in [0.3, 0.4) is 0 Å². The fourth-order valence-corrected chi connectivity index (χ4v) is 2.40. The number of hydrogen-bond donors (Lipinski definition) is 1. The molecule has 27 heavy (non-hydrogen) atoms. The molecular formula is C17H15F3N4O3. The molecule has 3 aromatic rings. The molecule has 1 aromatic heterocycles. The van der Waals surface area contributed by atoms with Gasteiger partial charge in [-0.1, -0.05) is 10.9 Å². The van der Waals surface area contributed by atoms with Crippen molar-refractivity contribution >= 4 is 22.6 Å². The molecule has 0 fully saturated rings. The number of benzene rings is 2. The maximum atomic E-state index is 12.8. The number of fused-ring (bicyclic) bond motifs is 1. The Labute approximate surface area is 151 Å². The number of methoxy groups -OCH3 is 1. The highest BCUT2D eigenvalue weighted by Crippen LogP contribution is 2.30. The molecule has 0 aliphatic rings. The monoisotopic (exact) mass is 380 g/mol. The molecule has 1 amide bonds. The average molecular weight is 380 g/mol. The zero-order chi connectivity index (χ0) is 19.6. The summed E-state index contributed by atoms with van der Waals surface area (Å²) < 4.78 is 43.7. The van der Waals surface area contributed by atoms with Gasteiger partial charge in [-0.3, -0.25) is 4.79 Å². The Balaban J connectivity index is 1.73. The number of nitrogens with zero attached hydrogens (tertiary/aromatic N) is 3. The lowest BCUT2D eigenvalue weighted by Gasteiger charge is -2.11. The Bertz CT molecular complexity index is 985. The molecule has 0 saturated heterocycles. The van der Waals surface area contributed by atoms with E-state index in [9.17, 15) is 18.0 Å². The molecule has 0 saturated carbocycles. The maximum absolute atomic E-state index is 12.8. The molecule has 0 unspecified atom stereocenters. The molecule has 10 heteroatoms. The van der Waals surface area contributed by atoms with Crippen LogP contribution in [-0.2, 0) is 11.0 Å². The second-order valence-corrected chi connectivity index (χ2v) is 5.69. The molecule has 0 radical (unpaired) electrons. The normalized spacial score (nSPS) is 11.4. The van der Waals surface area contributed by atoms with Crippen LogP contribution in [0.25, 0.3) is 11.0 Å². The van der Waals surface area contributed by atoms with Crippen LogP contribution in [0.4, 0.5) is 18.9 Å². The molecule has 2 aromatic carbocycles. The Hall–Kier alpha value is -3.30. The minimum atomic E-state index is -4.51. The summed E-state index contributed by atoms with van der Waals surface area (Å²) in [6.07, 6.45) is -4.51. The van der Waals surface area contributed by atoms with E-state index >= 15 is 0 Å². The number of hydrogen-bond acceptors (Lipinski definition) is 5. The van der Waals surface area contributed by atoms with Crippen molar-refractivity contribution < 1.29 is 27.5 Å². The van der Waals surface area contributed by atoms with Crippen LogP contribution >= 0.6 is 0 Å². The van der Waals surface area contributed by atoms with Gasteiger partial charge in [0.1, 0.15) is 16.8 Å². The lowest BCUT2D eigenvalue weighted by Crippen LogP contribution is -2.26. The van der Waals surface area contributed by atoms with E-state index in [1.807, 2.05) is 13.0 Å². The largest absolute Gasteiger partial charge is 0.495 e. The number of amides is 1. The van der Waals surface area contributed by atoms with Crippen molar-refractivity contribution in [2.24, 2.45) is 0 Å². The summed E-state index contributed by atoms with van der Waals surface area (Å²) in [7, 11) is 1.47. The van der Waals surface area contributed by atoms with Crippen LogP contribution in [0.5, 0.6) is 5.75 Å². The van der Waals surface area contributed by atoms with Gasteiger partial charge in [0, 0.05) is 0 Å². The smallest absolute Gasteiger partial charge is 0.416 e. The van der Waals surface area contributed by atoms with Crippen molar-refractivity contribution in [2.75, 3.05) is 19.0 Å². The Morgan fingerprint density at radius 3 is 2.70 bits per heavy atom. The second kappa shape index (κ2) is 7.14. The lowest BCUT2D eigenvalue weighted by atomic mass is 10.2. The molecule has 0 bridgehead atoms. The van der Waals surface area contributed by atoms with Crippen molar-refractivity contribution in [3.8, 4) is 5.75 Å². The predicted octanol–water partition coefficient (Wildman–Crippen LogP) is 2.83. The zero-order valence-corrected chi connectivity index (χ0v) is 14.4. The highest BCUT2D eigenvalue weighted by Gasteiger charge is 2.31. The number of ether oxygens (including phenoxy) is 1. The van der Waals surface area contributed by atoms with E-state index in [1.165, 1.54) is 13.2 Å². The molecule has 7 nitrogen and oxygen atoms in total. The topological polar surface area (TPSA) is 78.3 Å². The van der Waals surface area contributed by atoms with Crippen LogP contribution in [0, 0.1) is 6.92 Å². The van der Waals surface area contributed by atoms with Gasteiger partial charge in [0.25, 0.3) is 5.91 Å². The number of nitrogens with one attached hydrogen (secondary N) is 1. The minimum Gasteiger partial charge on any atom is -0.495 e. The fraction of sp³-hybridized carbons (Fsp3) is 0.235. The SMILES string of the molecule is COc1ccc(C)cc1NC(=O)COn1nnc2ccc(C(F)(F)F)cc21. The van der Waals surface area contributed by atoms with Gasteiger partial charge in [0.2, 0.25) is 0 Å². The van der Waals surface area contributed by atoms with E-state index < -0.39 is 24.3 Å². The van der Waals surface area contributed by atoms with Crippen LogP contribution in [-0.4, -0.2) is 34.8 Å². The van der Waals surface area contributed by atoms with Crippen LogP contribution in [0.15, 0.2) is 36.4 Å². The lowest BCUT2D eigenvalue weighted by molar-refractivity contribution is -0.137. The molecule has 1 N–H and O–H groups in total. The van der Waals surface area contributed by atoms with Crippen molar-refractivity contribution in [2.45, 2.75) is 13.1 Å². The van der Waals surface area contributed by atoms with Gasteiger partial charge in [0.15, 0.2) is 6.61 Å². The summed E-state index contributed by atoms with van der Waals surface area (Å²) >= 11 is 0. The molecule has 142 valence electrons. The number of rotatable bonds is 5. The number of halogens is 3. The standard InChI is InChI=1S/C17H15F3N4O3/c1-10-3-6-15(26-2)13(7-10)21-16(25)9-27-24-14-8-11(17(18,19)20)4-5-12(14)22-23-24/h3-8H,9H2,1-2H3,(H,21,25). The van der Waals surface area contributed by atoms with E-state index in [2.05, 4.69) is 15.6 Å². The number of alkyl halides is 3. The van der Waals surface area contributed by atoms with Crippen LogP contribution in [0.1, 0.15) is 11.1 Å². The Kier molecular flexibility index (Phi) is 4.89. The van der Waals surface area contributed by atoms with Crippen molar-refractivity contribution in [3.63, 3.8) is 0 Å². The summed E-state index contributed by atoms with van der Waals surface area (Å²) in [4.78, 5) is 18.1. The first-order valence-corrected chi connectivity index (χ1v) is 7.78. The van der Waals surface area contributed by atoms with Gasteiger partial charge in [-0.2, -0.15) is 13.2 Å². The zero-order valence-electron chi connectivity index (χ0n) is 14.4. The van der Waals surface area contributed by atoms with Crippen molar-refractivity contribution in [1.29, 1.82) is 0 Å². The van der Waals surface area contributed by atoms with Gasteiger partial charge >= 0.3 is 6.18 Å². The summed E-state index contributed by atoms with van der Waals surface area (Å²) in [5.74, 6) is -0.0653. The van der Waals surface area contributed by atoms with Gasteiger partial charge in [-0.25, -0.2) is 0 Å². The number of aryl methyl sites for hydroxylation is 1. The summed E-state index contributed by atoms with van der Waals surface area (Å²) in [6, 6.07) is 8.19. The second-order valence-electron chi connectivity index (χ2n) is 5.69. The molecular weight excluding hydrogens is 365 g/mol. The number of carbonyl (C=O) groups is 1. The van der Waals surface area contributed by atoms with E-state index in [0.29, 0.717) is 11.4 Å². The highest BCUT2D eigenvalue weighted by molar-refractivity contribution is 5.93. The van der Waals surface area contributed by atoms with Gasteiger partial charge < -0.3 is 14.9 Å². The minimum absolute atomic E-state index is 0.00533. The van der Waals surface area contributed by atoms with Crippen molar-refractivity contribution in [1.82, 2.24) is 15.2 Å². The molecule has 0 spiro atoms. The van der Waals surface area contributed by atoms with E-state index in [-0.39, 0.29) is 11.0 Å². The molecule has 0 aliphatic carbocycles. The number of carbonyl (C=O) groups excluding carboxylic acids is 1. The van der Waals surface area contributed by atoms with Gasteiger partial charge in [0.05, 0.1) is 18.4 Å². The third-order valence-electron chi connectivity index (χ3n) is 3.69. The van der Waals surface area contributed by atoms with Gasteiger partial charge in [-0.15, -0.1) is 5.10 Å². The highest BCUT2D eigenvalue weighted by atomic mass is 19.4. The Morgan fingerprint density at radius 2 is 2.00 bits per heavy atom. The van der Waals surface area contributed by atoms with E-state index in [0.717, 1.165) is 22.5 Å². The average Bonchev–Trinajstić information content (AvgIpc) is 3.02. The first kappa shape index (κ1) is 18.5. The summed E-state index contributed by atoms with van der Waals surface area (Å²) in [5, 5.41) is 9.95. The van der Waals surface area contributed by atoms with E-state index in [1.54, 1.807) is 12.1 Å². The first-order chi connectivity index (χ1) is 12.8. The van der Waals surface area contributed by atoms with Crippen molar-refractivity contribution in [3.05, 3.63) is 47.5 Å². The quantitative estimate of drug-likeness (QED) is 0.737. The molecule has 0 aliphatic heterocycles. The number of aromatic nitrogens is 3. The van der Waals surface area contributed by atoms with E-state index in [4.69, 9.17) is 9.57 Å². The molecule has 0 atom stereocenters. The number of anilines is 1. The summed E-state index contributed by atoms with van der Waals surface area (Å²) in [6.45, 7) is 1.37. The third-order valence-corrected chi connectivity index (χ3v) is 3.69. The van der Waals surface area contributed by atoms with Crippen LogP contribution < -0.4 is 14.9 Å². The first-order valence-electron chi connectivity index (χ1n) is 7.78. The third kappa shape index (κ3) is 4.10. The molecule has 1 heterocycles. The molecule has 3 rings (SSSR count). The maximum Gasteiger partial charge on any atom is 0.416 e. The Morgan fingerprint density at radius 1 is 1.22 bits per heavy atom. The predicted molar refractivity (Wildman–Crippen MR) is 90.3 cm³/mol. The van der Waals surface area contributed by atoms with Crippen LogP contribution in [0.2, 0.25) is 0 Å². The van der Waals surface area contributed by atoms with Gasteiger partial charge in [-0.05, 0) is 48.0 Å².